The summed E-state index contributed by atoms with van der Waals surface area (Å²) in [7, 11) is 0. The van der Waals surface area contributed by atoms with Crippen LogP contribution < -0.4 is 24.6 Å². The molecule has 0 aromatic heterocycles. The number of hydrogen-bond donors (Lipinski definition) is 2. The Labute approximate surface area is 471 Å². The van der Waals surface area contributed by atoms with Gasteiger partial charge in [0.1, 0.15) is 29.2 Å². The lowest BCUT2D eigenvalue weighted by Gasteiger charge is -2.29. The minimum atomic E-state index is -4.94. The van der Waals surface area contributed by atoms with Gasteiger partial charge in [0, 0.05) is 37.6 Å². The van der Waals surface area contributed by atoms with Crippen molar-refractivity contribution in [3.05, 3.63) is 117 Å². The number of amides is 3. The number of carboxylic acid groups (broad SMARTS) is 1. The van der Waals surface area contributed by atoms with E-state index in [0.29, 0.717) is 60.9 Å². The van der Waals surface area contributed by atoms with E-state index in [4.69, 9.17) is 24.1 Å². The molecule has 26 heteroatoms. The molecule has 0 saturated heterocycles. The molecule has 0 bridgehead atoms. The fraction of sp³-hybridized carbons (Fsp3) is 0.491. The quantitative estimate of drug-likeness (QED) is 0.0492. The fourth-order valence-corrected chi connectivity index (χ4v) is 8.74. The van der Waals surface area contributed by atoms with Gasteiger partial charge in [0.05, 0.1) is 54.9 Å². The summed E-state index contributed by atoms with van der Waals surface area (Å²) >= 11 is 0. The van der Waals surface area contributed by atoms with E-state index in [1.807, 2.05) is 0 Å². The van der Waals surface area contributed by atoms with Crippen molar-refractivity contribution in [2.45, 2.75) is 129 Å². The second-order valence-electron chi connectivity index (χ2n) is 21.4. The van der Waals surface area contributed by atoms with Crippen molar-refractivity contribution in [1.82, 2.24) is 10.2 Å². The second-order valence-corrected chi connectivity index (χ2v) is 21.4. The number of carboxylic acids is 1. The normalized spacial score (nSPS) is 13.6. The molecule has 4 aromatic rings. The third-order valence-electron chi connectivity index (χ3n) is 12.5. The summed E-state index contributed by atoms with van der Waals surface area (Å²) in [6.45, 7) is 10.8. The van der Waals surface area contributed by atoms with Crippen molar-refractivity contribution >= 4 is 41.2 Å². The van der Waals surface area contributed by atoms with Crippen LogP contribution in [-0.4, -0.2) is 104 Å². The summed E-state index contributed by atoms with van der Waals surface area (Å²) in [5.74, 6) is -1.22. The van der Waals surface area contributed by atoms with E-state index in [1.54, 1.807) is 82.8 Å². The van der Waals surface area contributed by atoms with Gasteiger partial charge in [-0.25, -0.2) is 4.79 Å². The number of esters is 1. The van der Waals surface area contributed by atoms with Crippen LogP contribution in [0.15, 0.2) is 72.8 Å². The van der Waals surface area contributed by atoms with Crippen molar-refractivity contribution in [2.24, 2.45) is 0 Å². The van der Waals surface area contributed by atoms with Crippen LogP contribution in [0.4, 0.5) is 68.9 Å². The number of aliphatic carboxylic acids is 1. The molecular formula is C57H64F12N4O10. The van der Waals surface area contributed by atoms with Crippen molar-refractivity contribution < 1.29 is 101 Å². The minimum Gasteiger partial charge on any atom is -0.494 e. The third-order valence-corrected chi connectivity index (χ3v) is 12.5. The van der Waals surface area contributed by atoms with Gasteiger partial charge in [-0.1, -0.05) is 12.1 Å². The zero-order valence-electron chi connectivity index (χ0n) is 46.2. The number of hydrogen-bond acceptors (Lipinski definition) is 10. The number of rotatable bonds is 20. The predicted molar refractivity (Wildman–Crippen MR) is 279 cm³/mol. The monoisotopic (exact) mass is 1190 g/mol. The summed E-state index contributed by atoms with van der Waals surface area (Å²) in [5, 5.41) is 11.4. The molecule has 2 aliphatic heterocycles. The molecule has 83 heavy (non-hydrogen) atoms. The van der Waals surface area contributed by atoms with Crippen LogP contribution >= 0.6 is 0 Å². The molecule has 6 rings (SSSR count). The highest BCUT2D eigenvalue weighted by molar-refractivity contribution is 5.98. The molecule has 3 amide bonds. The Morgan fingerprint density at radius 1 is 0.566 bits per heavy atom. The largest absolute Gasteiger partial charge is 0.494 e. The number of alkyl halides is 12. The van der Waals surface area contributed by atoms with E-state index in [2.05, 4.69) is 5.32 Å². The number of halogens is 12. The fourth-order valence-electron chi connectivity index (χ4n) is 8.74. The molecule has 2 N–H and O–H groups in total. The van der Waals surface area contributed by atoms with Gasteiger partial charge in [-0.05, 0) is 163 Å². The van der Waals surface area contributed by atoms with Crippen LogP contribution in [0.5, 0.6) is 11.5 Å². The van der Waals surface area contributed by atoms with Crippen molar-refractivity contribution in [2.75, 3.05) is 62.3 Å². The molecule has 2 heterocycles. The first kappa shape index (κ1) is 66.5. The van der Waals surface area contributed by atoms with E-state index in [-0.39, 0.29) is 107 Å². The van der Waals surface area contributed by atoms with E-state index in [9.17, 15) is 76.7 Å². The lowest BCUT2D eigenvalue weighted by Crippen LogP contribution is -2.45. The zero-order valence-corrected chi connectivity index (χ0v) is 46.2. The van der Waals surface area contributed by atoms with E-state index < -0.39 is 82.1 Å². The number of carbonyl (C=O) groups excluding carboxylic acids is 4. The summed E-state index contributed by atoms with van der Waals surface area (Å²) in [4.78, 5) is 65.7. The molecule has 0 fully saturated rings. The number of nitrogens with zero attached hydrogens (tertiary/aromatic N) is 3. The molecular weight excluding hydrogens is 1130 g/mol. The van der Waals surface area contributed by atoms with Gasteiger partial charge in [-0.15, -0.1) is 0 Å². The van der Waals surface area contributed by atoms with Crippen molar-refractivity contribution in [3.8, 4) is 11.5 Å². The van der Waals surface area contributed by atoms with Gasteiger partial charge in [-0.3, -0.25) is 24.1 Å². The van der Waals surface area contributed by atoms with Crippen LogP contribution in [0.1, 0.15) is 112 Å². The SMILES string of the molecule is CC(C)(C)OC(=O)CCN(CC(=O)N1CCc2cc(OCCCc3ccc(C(F)(F)F)cc3C(F)(F)F)ccc21)C(=O)OC(C)(C)C.O=C(O)CCNCC(=O)N1CCc2cc(OCCCc3ccc(C(F)(F)F)cc3C(F)(F)F)ccc21. The minimum absolute atomic E-state index is 0.00223. The van der Waals surface area contributed by atoms with Crippen molar-refractivity contribution in [1.29, 1.82) is 0 Å². The Morgan fingerprint density at radius 3 is 1.42 bits per heavy atom. The van der Waals surface area contributed by atoms with Crippen molar-refractivity contribution in [3.63, 3.8) is 0 Å². The predicted octanol–water partition coefficient (Wildman–Crippen LogP) is 12.3. The first-order valence-electron chi connectivity index (χ1n) is 26.2. The lowest BCUT2D eigenvalue weighted by atomic mass is 9.99. The van der Waals surface area contributed by atoms with E-state index in [1.165, 1.54) is 4.90 Å². The maximum absolute atomic E-state index is 13.4. The molecule has 0 radical (unpaired) electrons. The lowest BCUT2D eigenvalue weighted by molar-refractivity contribution is -0.155. The Balaban J connectivity index is 0.000000315. The Kier molecular flexibility index (Phi) is 22.0. The second kappa shape index (κ2) is 27.4. The molecule has 2 aliphatic rings. The number of aryl methyl sites for hydroxylation is 2. The molecule has 0 unspecified atom stereocenters. The molecule has 0 aliphatic carbocycles. The number of benzene rings is 4. The number of anilines is 2. The Bertz CT molecular complexity index is 2930. The maximum Gasteiger partial charge on any atom is 0.416 e. The number of ether oxygens (including phenoxy) is 4. The molecule has 0 atom stereocenters. The van der Waals surface area contributed by atoms with Gasteiger partial charge < -0.3 is 39.2 Å². The standard InChI is InChI=1S/C33H40F6N2O6.C24H24F6N2O4/c1-30(2,3)46-28(43)14-15-40(29(44)47-31(4,5)6)20-27(42)41-16-13-22-18-24(11-12-26(22)41)45-17-7-8-21-9-10-23(32(34,35)36)19-25(21)33(37,38)39;25-23(26,27)17-4-3-15(19(13-17)24(28,29)30)2-1-11-36-18-5-6-20-16(12-18)8-10-32(20)21(33)14-31-9-7-22(34)35/h9-12,18-19H,7-8,13-17,20H2,1-6H3;3-6,12-13,31H,1-2,7-11,14H2,(H,34,35). The highest BCUT2D eigenvalue weighted by Crippen LogP contribution is 2.40. The highest BCUT2D eigenvalue weighted by Gasteiger charge is 2.40. The third kappa shape index (κ3) is 20.5. The number of fused-ring (bicyclic) bond motifs is 2. The summed E-state index contributed by atoms with van der Waals surface area (Å²) < 4.78 is 179. The number of nitrogens with one attached hydrogen (secondary N) is 1. The van der Waals surface area contributed by atoms with Gasteiger partial charge in [0.2, 0.25) is 11.8 Å². The summed E-state index contributed by atoms with van der Waals surface area (Å²) in [6, 6.07) is 13.2. The van der Waals surface area contributed by atoms with Gasteiger partial charge in [-0.2, -0.15) is 52.7 Å². The molecule has 456 valence electrons. The first-order chi connectivity index (χ1) is 38.4. The van der Waals surface area contributed by atoms with Gasteiger partial charge in [0.25, 0.3) is 0 Å². The van der Waals surface area contributed by atoms with E-state index in [0.717, 1.165) is 28.2 Å². The van der Waals surface area contributed by atoms with Crippen LogP contribution in [0.3, 0.4) is 0 Å². The summed E-state index contributed by atoms with van der Waals surface area (Å²) in [5.41, 5.74) is -4.47. The van der Waals surface area contributed by atoms with Gasteiger partial charge >= 0.3 is 42.7 Å². The van der Waals surface area contributed by atoms with Crippen LogP contribution in [0.2, 0.25) is 0 Å². The Morgan fingerprint density at radius 2 is 1.01 bits per heavy atom. The molecule has 4 aromatic carbocycles. The first-order valence-corrected chi connectivity index (χ1v) is 26.2. The number of carbonyl (C=O) groups is 5. The van der Waals surface area contributed by atoms with E-state index >= 15 is 0 Å². The maximum atomic E-state index is 13.4. The van der Waals surface area contributed by atoms with Crippen LogP contribution in [0, 0.1) is 0 Å². The zero-order chi connectivity index (χ0) is 61.9. The topological polar surface area (TPSA) is 164 Å². The van der Waals surface area contributed by atoms with Crippen LogP contribution in [0.25, 0.3) is 0 Å². The molecule has 14 nitrogen and oxygen atoms in total. The average Bonchev–Trinajstić information content (AvgIpc) is 4.10. The highest BCUT2D eigenvalue weighted by atomic mass is 19.4. The van der Waals surface area contributed by atoms with Gasteiger partial charge in [0.15, 0.2) is 0 Å². The van der Waals surface area contributed by atoms with Crippen LogP contribution in [-0.2, 0) is 79.0 Å². The summed E-state index contributed by atoms with van der Waals surface area (Å²) in [6.07, 6.45) is -19.6. The Hall–Kier alpha value is -7.25. The average molecular weight is 1190 g/mol. The smallest absolute Gasteiger partial charge is 0.416 e. The molecule has 0 spiro atoms. The molecule has 0 saturated carbocycles.